The SMILES string of the molecule is Cc1c(F)cc(C2CC(C(=O)O)CN2)cc1Cl. The first kappa shape index (κ1) is 12.3. The molecule has 92 valence electrons. The van der Waals surface area contributed by atoms with Gasteiger partial charge in [0, 0.05) is 23.2 Å². The van der Waals surface area contributed by atoms with Crippen molar-refractivity contribution < 1.29 is 14.3 Å². The van der Waals surface area contributed by atoms with Crippen molar-refractivity contribution in [1.29, 1.82) is 0 Å². The van der Waals surface area contributed by atoms with Gasteiger partial charge in [0.25, 0.3) is 0 Å². The summed E-state index contributed by atoms with van der Waals surface area (Å²) in [6.07, 6.45) is 0.466. The van der Waals surface area contributed by atoms with Gasteiger partial charge in [-0.15, -0.1) is 0 Å². The molecule has 0 spiro atoms. The highest BCUT2D eigenvalue weighted by atomic mass is 35.5. The molecule has 17 heavy (non-hydrogen) atoms. The van der Waals surface area contributed by atoms with Crippen molar-refractivity contribution in [3.05, 3.63) is 34.1 Å². The maximum Gasteiger partial charge on any atom is 0.307 e. The maximum atomic E-state index is 13.5. The van der Waals surface area contributed by atoms with Crippen molar-refractivity contribution in [2.75, 3.05) is 6.54 Å². The summed E-state index contributed by atoms with van der Waals surface area (Å²) in [6.45, 7) is 2.02. The molecule has 0 aromatic heterocycles. The van der Waals surface area contributed by atoms with Crippen LogP contribution in [-0.2, 0) is 4.79 Å². The number of hydrogen-bond donors (Lipinski definition) is 2. The van der Waals surface area contributed by atoms with E-state index in [4.69, 9.17) is 16.7 Å². The molecule has 1 aromatic carbocycles. The van der Waals surface area contributed by atoms with Crippen LogP contribution in [-0.4, -0.2) is 17.6 Å². The van der Waals surface area contributed by atoms with E-state index in [1.807, 2.05) is 0 Å². The molecule has 1 fully saturated rings. The zero-order chi connectivity index (χ0) is 12.6. The molecule has 5 heteroatoms. The second-order valence-electron chi connectivity index (χ2n) is 4.34. The van der Waals surface area contributed by atoms with E-state index in [2.05, 4.69) is 5.32 Å². The average Bonchev–Trinajstić information content (AvgIpc) is 2.74. The molecule has 1 heterocycles. The minimum atomic E-state index is -0.821. The van der Waals surface area contributed by atoms with Crippen LogP contribution in [0.25, 0.3) is 0 Å². The lowest BCUT2D eigenvalue weighted by Crippen LogP contribution is -2.17. The van der Waals surface area contributed by atoms with Gasteiger partial charge in [-0.2, -0.15) is 0 Å². The Hall–Kier alpha value is -1.13. The quantitative estimate of drug-likeness (QED) is 0.856. The molecule has 1 aliphatic rings. The summed E-state index contributed by atoms with van der Waals surface area (Å²) in [6, 6.07) is 2.98. The molecule has 2 unspecified atom stereocenters. The lowest BCUT2D eigenvalue weighted by atomic mass is 9.99. The van der Waals surface area contributed by atoms with Crippen molar-refractivity contribution in [2.24, 2.45) is 5.92 Å². The van der Waals surface area contributed by atoms with E-state index in [-0.39, 0.29) is 11.9 Å². The molecule has 0 aliphatic carbocycles. The Bertz CT molecular complexity index is 441. The lowest BCUT2D eigenvalue weighted by Gasteiger charge is -2.12. The highest BCUT2D eigenvalue weighted by molar-refractivity contribution is 6.31. The van der Waals surface area contributed by atoms with Crippen LogP contribution in [0.2, 0.25) is 5.02 Å². The fourth-order valence-corrected chi connectivity index (χ4v) is 2.26. The standard InChI is InChI=1S/C12H13ClFNO2/c1-6-9(13)2-7(3-10(6)14)11-4-8(5-15-11)12(16)17/h2-3,8,11,15H,4-5H2,1H3,(H,16,17). The van der Waals surface area contributed by atoms with Gasteiger partial charge in [0.15, 0.2) is 0 Å². The van der Waals surface area contributed by atoms with E-state index in [0.717, 1.165) is 0 Å². The van der Waals surface area contributed by atoms with Crippen molar-refractivity contribution in [1.82, 2.24) is 5.32 Å². The van der Waals surface area contributed by atoms with Gasteiger partial charge in [-0.1, -0.05) is 11.6 Å². The van der Waals surface area contributed by atoms with Gasteiger partial charge in [-0.3, -0.25) is 4.79 Å². The largest absolute Gasteiger partial charge is 0.481 e. The third kappa shape index (κ3) is 2.42. The summed E-state index contributed by atoms with van der Waals surface area (Å²) >= 11 is 5.91. The van der Waals surface area contributed by atoms with Crippen LogP contribution in [0, 0.1) is 18.7 Å². The van der Waals surface area contributed by atoms with Crippen LogP contribution < -0.4 is 5.32 Å². The topological polar surface area (TPSA) is 49.3 Å². The molecule has 1 aromatic rings. The second kappa shape index (κ2) is 4.63. The van der Waals surface area contributed by atoms with E-state index in [1.165, 1.54) is 6.07 Å². The Morgan fingerprint density at radius 2 is 2.29 bits per heavy atom. The minimum absolute atomic E-state index is 0.135. The first-order valence-corrected chi connectivity index (χ1v) is 5.78. The zero-order valence-corrected chi connectivity index (χ0v) is 10.1. The average molecular weight is 258 g/mol. The lowest BCUT2D eigenvalue weighted by molar-refractivity contribution is -0.141. The molecule has 0 bridgehead atoms. The molecule has 2 atom stereocenters. The Morgan fingerprint density at radius 3 is 2.82 bits per heavy atom. The highest BCUT2D eigenvalue weighted by Gasteiger charge is 2.30. The van der Waals surface area contributed by atoms with Crippen molar-refractivity contribution >= 4 is 17.6 Å². The second-order valence-corrected chi connectivity index (χ2v) is 4.75. The maximum absolute atomic E-state index is 13.5. The summed E-state index contributed by atoms with van der Waals surface area (Å²) in [5.41, 5.74) is 1.13. The number of carboxylic acids is 1. The first-order valence-electron chi connectivity index (χ1n) is 5.40. The smallest absolute Gasteiger partial charge is 0.307 e. The first-order chi connectivity index (χ1) is 7.99. The molecule has 3 nitrogen and oxygen atoms in total. The number of rotatable bonds is 2. The van der Waals surface area contributed by atoms with Crippen LogP contribution in [0.5, 0.6) is 0 Å². The summed E-state index contributed by atoms with van der Waals surface area (Å²) in [5.74, 6) is -1.59. The fourth-order valence-electron chi connectivity index (χ4n) is 2.04. The summed E-state index contributed by atoms with van der Waals surface area (Å²) in [4.78, 5) is 10.8. The summed E-state index contributed by atoms with van der Waals surface area (Å²) < 4.78 is 13.5. The van der Waals surface area contributed by atoms with Gasteiger partial charge in [0.2, 0.25) is 0 Å². The summed E-state index contributed by atoms with van der Waals surface area (Å²) in [7, 11) is 0. The normalized spacial score (nSPS) is 23.9. The van der Waals surface area contributed by atoms with Gasteiger partial charge in [-0.25, -0.2) is 4.39 Å². The minimum Gasteiger partial charge on any atom is -0.481 e. The molecular formula is C12H13ClFNO2. The number of nitrogens with one attached hydrogen (secondary N) is 1. The van der Waals surface area contributed by atoms with Crippen molar-refractivity contribution in [2.45, 2.75) is 19.4 Å². The molecule has 0 amide bonds. The van der Waals surface area contributed by atoms with Crippen molar-refractivity contribution in [3.63, 3.8) is 0 Å². The van der Waals surface area contributed by atoms with E-state index < -0.39 is 11.9 Å². The molecule has 2 N–H and O–H groups in total. The van der Waals surface area contributed by atoms with Gasteiger partial charge in [0.1, 0.15) is 5.82 Å². The van der Waals surface area contributed by atoms with Crippen LogP contribution >= 0.6 is 11.6 Å². The van der Waals surface area contributed by atoms with E-state index in [0.29, 0.717) is 29.1 Å². The number of carboxylic acid groups (broad SMARTS) is 1. The number of halogens is 2. The Labute approximate surface area is 104 Å². The van der Waals surface area contributed by atoms with Crippen LogP contribution in [0.15, 0.2) is 12.1 Å². The van der Waals surface area contributed by atoms with Crippen molar-refractivity contribution in [3.8, 4) is 0 Å². The molecule has 2 rings (SSSR count). The molecule has 0 radical (unpaired) electrons. The Kier molecular flexibility index (Phi) is 3.35. The number of aliphatic carboxylic acids is 1. The Balaban J connectivity index is 2.22. The van der Waals surface area contributed by atoms with E-state index in [1.54, 1.807) is 13.0 Å². The van der Waals surface area contributed by atoms with E-state index >= 15 is 0 Å². The number of carbonyl (C=O) groups is 1. The molecular weight excluding hydrogens is 245 g/mol. The predicted octanol–water partition coefficient (Wildman–Crippen LogP) is 2.52. The third-order valence-electron chi connectivity index (χ3n) is 3.19. The van der Waals surface area contributed by atoms with Crippen LogP contribution in [0.1, 0.15) is 23.6 Å². The van der Waals surface area contributed by atoms with Gasteiger partial charge < -0.3 is 10.4 Å². The Morgan fingerprint density at radius 1 is 1.59 bits per heavy atom. The van der Waals surface area contributed by atoms with E-state index in [9.17, 15) is 9.18 Å². The number of benzene rings is 1. The van der Waals surface area contributed by atoms with Gasteiger partial charge in [0.05, 0.1) is 5.92 Å². The number of hydrogen-bond acceptors (Lipinski definition) is 2. The van der Waals surface area contributed by atoms with Gasteiger partial charge in [-0.05, 0) is 31.0 Å². The molecule has 0 saturated carbocycles. The monoisotopic (exact) mass is 257 g/mol. The summed E-state index contributed by atoms with van der Waals surface area (Å²) in [5, 5.41) is 12.3. The molecule has 1 saturated heterocycles. The highest BCUT2D eigenvalue weighted by Crippen LogP contribution is 2.31. The predicted molar refractivity (Wildman–Crippen MR) is 62.6 cm³/mol. The fraction of sp³-hybridized carbons (Fsp3) is 0.417. The zero-order valence-electron chi connectivity index (χ0n) is 9.34. The molecule has 1 aliphatic heterocycles. The van der Waals surface area contributed by atoms with Gasteiger partial charge >= 0.3 is 5.97 Å². The van der Waals surface area contributed by atoms with Crippen LogP contribution in [0.4, 0.5) is 4.39 Å². The van der Waals surface area contributed by atoms with Crippen LogP contribution in [0.3, 0.4) is 0 Å². The third-order valence-corrected chi connectivity index (χ3v) is 3.58.